The van der Waals surface area contributed by atoms with Gasteiger partial charge in [0.05, 0.1) is 37.7 Å². The zero-order valence-corrected chi connectivity index (χ0v) is 16.9. The molecule has 0 atom stereocenters. The molecule has 1 amide bonds. The van der Waals surface area contributed by atoms with Crippen LogP contribution in [-0.2, 0) is 23.8 Å². The number of carbonyl (C=O) groups is 3. The molecule has 156 valence electrons. The van der Waals surface area contributed by atoms with E-state index in [1.807, 2.05) is 19.1 Å². The third kappa shape index (κ3) is 4.33. The van der Waals surface area contributed by atoms with E-state index in [9.17, 15) is 14.4 Å². The van der Waals surface area contributed by atoms with Gasteiger partial charge in [-0.15, -0.1) is 0 Å². The van der Waals surface area contributed by atoms with E-state index < -0.39 is 11.9 Å². The Morgan fingerprint density at radius 2 is 1.63 bits per heavy atom. The van der Waals surface area contributed by atoms with Gasteiger partial charge < -0.3 is 24.4 Å². The zero-order chi connectivity index (χ0) is 21.7. The lowest BCUT2D eigenvalue weighted by atomic mass is 10.1. The second-order valence-corrected chi connectivity index (χ2v) is 6.55. The number of amides is 1. The number of nitrogens with zero attached hydrogens (tertiary/aromatic N) is 1. The third-order valence-electron chi connectivity index (χ3n) is 4.58. The van der Waals surface area contributed by atoms with Crippen LogP contribution in [0.5, 0.6) is 0 Å². The summed E-state index contributed by atoms with van der Waals surface area (Å²) in [4.78, 5) is 39.1. The van der Waals surface area contributed by atoms with Crippen LogP contribution in [0.1, 0.15) is 15.9 Å². The van der Waals surface area contributed by atoms with Gasteiger partial charge in [0.2, 0.25) is 0 Å². The molecule has 8 nitrogen and oxygen atoms in total. The van der Waals surface area contributed by atoms with Crippen molar-refractivity contribution in [2.75, 3.05) is 37.8 Å². The van der Waals surface area contributed by atoms with Gasteiger partial charge in [0, 0.05) is 5.69 Å². The fourth-order valence-electron chi connectivity index (χ4n) is 3.07. The van der Waals surface area contributed by atoms with E-state index in [2.05, 4.69) is 5.32 Å². The lowest BCUT2D eigenvalue weighted by Crippen LogP contribution is -2.39. The molecule has 0 aromatic heterocycles. The maximum absolute atomic E-state index is 13.0. The molecule has 0 radical (unpaired) electrons. The van der Waals surface area contributed by atoms with Crippen LogP contribution >= 0.6 is 0 Å². The summed E-state index contributed by atoms with van der Waals surface area (Å²) < 4.78 is 15.1. The third-order valence-corrected chi connectivity index (χ3v) is 4.58. The van der Waals surface area contributed by atoms with Gasteiger partial charge in [-0.2, -0.15) is 0 Å². The second kappa shape index (κ2) is 9.23. The zero-order valence-electron chi connectivity index (χ0n) is 16.9. The lowest BCUT2D eigenvalue weighted by molar-refractivity contribution is -0.140. The van der Waals surface area contributed by atoms with Crippen LogP contribution in [0.15, 0.2) is 59.8 Å². The molecular formula is C22H22N2O6. The van der Waals surface area contributed by atoms with E-state index in [1.165, 1.54) is 19.1 Å². The number of nitrogens with one attached hydrogen (secondary N) is 1. The molecule has 30 heavy (non-hydrogen) atoms. The van der Waals surface area contributed by atoms with Gasteiger partial charge in [-0.1, -0.05) is 29.8 Å². The van der Waals surface area contributed by atoms with E-state index in [-0.39, 0.29) is 30.5 Å². The van der Waals surface area contributed by atoms with Crippen LogP contribution in [0.25, 0.3) is 0 Å². The van der Waals surface area contributed by atoms with Gasteiger partial charge in [-0.3, -0.25) is 4.79 Å². The second-order valence-electron chi connectivity index (χ2n) is 6.55. The number of rotatable bonds is 5. The van der Waals surface area contributed by atoms with E-state index in [0.29, 0.717) is 16.9 Å². The fraction of sp³-hybridized carbons (Fsp3) is 0.227. The van der Waals surface area contributed by atoms with Crippen molar-refractivity contribution in [1.29, 1.82) is 0 Å². The van der Waals surface area contributed by atoms with Gasteiger partial charge >= 0.3 is 11.9 Å². The number of benzene rings is 2. The minimum absolute atomic E-state index is 0.0179. The highest BCUT2D eigenvalue weighted by Gasteiger charge is 2.34. The molecule has 0 spiro atoms. The first kappa shape index (κ1) is 21.1. The van der Waals surface area contributed by atoms with E-state index >= 15 is 0 Å². The van der Waals surface area contributed by atoms with Crippen molar-refractivity contribution in [3.05, 3.63) is 70.9 Å². The van der Waals surface area contributed by atoms with Gasteiger partial charge in [0.1, 0.15) is 12.4 Å². The standard InChI is InChI=1S/C22H22N2O6/c1-14-8-10-15(11-9-14)23-20(25)16-6-4-5-7-18(16)24-13-30-12-17(21(26)28-2)19(24)22(27)29-3/h4-11H,12-13H2,1-3H3,(H,23,25). The Hall–Kier alpha value is -3.65. The minimum atomic E-state index is -0.729. The molecule has 1 N–H and O–H groups in total. The van der Waals surface area contributed by atoms with Crippen LogP contribution in [0.3, 0.4) is 0 Å². The van der Waals surface area contributed by atoms with Crippen LogP contribution in [0.2, 0.25) is 0 Å². The van der Waals surface area contributed by atoms with Gasteiger partial charge in [-0.05, 0) is 31.2 Å². The van der Waals surface area contributed by atoms with Crippen LogP contribution < -0.4 is 10.2 Å². The molecule has 0 saturated carbocycles. The summed E-state index contributed by atoms with van der Waals surface area (Å²) >= 11 is 0. The molecule has 0 fully saturated rings. The average molecular weight is 410 g/mol. The Balaban J connectivity index is 2.02. The van der Waals surface area contributed by atoms with Gasteiger partial charge in [0.25, 0.3) is 5.91 Å². The first-order valence-corrected chi connectivity index (χ1v) is 9.18. The lowest BCUT2D eigenvalue weighted by Gasteiger charge is -2.32. The van der Waals surface area contributed by atoms with E-state index in [1.54, 1.807) is 36.4 Å². The monoisotopic (exact) mass is 410 g/mol. The molecule has 0 bridgehead atoms. The van der Waals surface area contributed by atoms with Crippen LogP contribution in [0.4, 0.5) is 11.4 Å². The topological polar surface area (TPSA) is 94.2 Å². The first-order valence-electron chi connectivity index (χ1n) is 9.18. The first-order chi connectivity index (χ1) is 14.5. The van der Waals surface area contributed by atoms with Crippen molar-refractivity contribution in [2.45, 2.75) is 6.92 Å². The predicted octanol–water partition coefficient (Wildman–Crippen LogP) is 2.64. The largest absolute Gasteiger partial charge is 0.466 e. The Kier molecular flexibility index (Phi) is 6.48. The maximum atomic E-state index is 13.0. The Morgan fingerprint density at radius 3 is 2.30 bits per heavy atom. The number of para-hydroxylation sites is 1. The smallest absolute Gasteiger partial charge is 0.355 e. The summed E-state index contributed by atoms with van der Waals surface area (Å²) in [6, 6.07) is 14.1. The molecule has 1 aliphatic heterocycles. The van der Waals surface area contributed by atoms with Crippen molar-refractivity contribution in [2.24, 2.45) is 0 Å². The summed E-state index contributed by atoms with van der Waals surface area (Å²) in [7, 11) is 2.43. The molecule has 2 aromatic carbocycles. The molecule has 0 saturated heterocycles. The Morgan fingerprint density at radius 1 is 0.967 bits per heavy atom. The SMILES string of the molecule is COC(=O)C1=C(C(=O)OC)N(c2ccccc2C(=O)Nc2ccc(C)cc2)COC1. The number of hydrogen-bond donors (Lipinski definition) is 1. The number of anilines is 2. The van der Waals surface area contributed by atoms with Crippen LogP contribution in [0, 0.1) is 6.92 Å². The van der Waals surface area contributed by atoms with Crippen molar-refractivity contribution < 1.29 is 28.6 Å². The summed E-state index contributed by atoms with van der Waals surface area (Å²) in [5, 5.41) is 2.84. The summed E-state index contributed by atoms with van der Waals surface area (Å²) in [5.41, 5.74) is 2.39. The van der Waals surface area contributed by atoms with Crippen LogP contribution in [-0.4, -0.2) is 45.4 Å². The van der Waals surface area contributed by atoms with Crippen molar-refractivity contribution in [1.82, 2.24) is 0 Å². The van der Waals surface area contributed by atoms with E-state index in [0.717, 1.165) is 5.56 Å². The van der Waals surface area contributed by atoms with Crippen molar-refractivity contribution in [3.8, 4) is 0 Å². The van der Waals surface area contributed by atoms with Crippen molar-refractivity contribution >= 4 is 29.2 Å². The molecule has 0 aliphatic carbocycles. The molecule has 8 heteroatoms. The predicted molar refractivity (Wildman–Crippen MR) is 110 cm³/mol. The number of esters is 2. The highest BCUT2D eigenvalue weighted by atomic mass is 16.5. The molecule has 2 aromatic rings. The van der Waals surface area contributed by atoms with Crippen molar-refractivity contribution in [3.63, 3.8) is 0 Å². The number of carbonyl (C=O) groups excluding carboxylic acids is 3. The summed E-state index contributed by atoms with van der Waals surface area (Å²) in [6.07, 6.45) is 0. The Bertz CT molecular complexity index is 997. The van der Waals surface area contributed by atoms with E-state index in [4.69, 9.17) is 14.2 Å². The average Bonchev–Trinajstić information content (AvgIpc) is 2.79. The molecular weight excluding hydrogens is 388 g/mol. The summed E-state index contributed by atoms with van der Waals surface area (Å²) in [6.45, 7) is 1.81. The normalized spacial score (nSPS) is 13.6. The van der Waals surface area contributed by atoms with Gasteiger partial charge in [0.15, 0.2) is 0 Å². The Labute approximate surface area is 174 Å². The number of hydrogen-bond acceptors (Lipinski definition) is 7. The number of ether oxygens (including phenoxy) is 3. The highest BCUT2D eigenvalue weighted by Crippen LogP contribution is 2.30. The number of aryl methyl sites for hydroxylation is 1. The summed E-state index contributed by atoms with van der Waals surface area (Å²) in [5.74, 6) is -1.81. The molecule has 0 unspecified atom stereocenters. The fourth-order valence-corrected chi connectivity index (χ4v) is 3.07. The molecule has 1 aliphatic rings. The quantitative estimate of drug-likeness (QED) is 0.758. The number of methoxy groups -OCH3 is 2. The van der Waals surface area contributed by atoms with Gasteiger partial charge in [-0.25, -0.2) is 9.59 Å². The molecule has 3 rings (SSSR count). The maximum Gasteiger partial charge on any atom is 0.355 e. The molecule has 1 heterocycles. The highest BCUT2D eigenvalue weighted by molar-refractivity contribution is 6.10. The minimum Gasteiger partial charge on any atom is -0.466 e.